The van der Waals surface area contributed by atoms with Crippen molar-refractivity contribution in [2.45, 2.75) is 20.4 Å². The van der Waals surface area contributed by atoms with E-state index in [0.29, 0.717) is 28.8 Å². The summed E-state index contributed by atoms with van der Waals surface area (Å²) in [5.74, 6) is -1.91. The number of ether oxygens (including phenoxy) is 1. The molecule has 0 radical (unpaired) electrons. The molecular formula is C21H20N4O5. The van der Waals surface area contributed by atoms with Crippen molar-refractivity contribution in [2.75, 3.05) is 6.61 Å². The molecule has 0 aliphatic rings. The second-order valence-corrected chi connectivity index (χ2v) is 6.39. The Morgan fingerprint density at radius 2 is 1.77 bits per heavy atom. The zero-order valence-corrected chi connectivity index (χ0v) is 16.5. The van der Waals surface area contributed by atoms with E-state index in [1.807, 2.05) is 6.92 Å². The number of nitrogens with zero attached hydrogens (tertiary/aromatic N) is 2. The van der Waals surface area contributed by atoms with Gasteiger partial charge in [0.2, 0.25) is 0 Å². The Kier molecular flexibility index (Phi) is 6.21. The van der Waals surface area contributed by atoms with Crippen LogP contribution in [-0.2, 0) is 16.1 Å². The average Bonchev–Trinajstić information content (AvgIpc) is 2.77. The van der Waals surface area contributed by atoms with E-state index in [9.17, 15) is 19.2 Å². The first-order chi connectivity index (χ1) is 14.4. The molecule has 0 aliphatic carbocycles. The van der Waals surface area contributed by atoms with Gasteiger partial charge in [0.1, 0.15) is 5.69 Å². The van der Waals surface area contributed by atoms with Gasteiger partial charge in [-0.1, -0.05) is 18.2 Å². The fourth-order valence-corrected chi connectivity index (χ4v) is 2.85. The van der Waals surface area contributed by atoms with Crippen molar-refractivity contribution in [3.05, 3.63) is 75.7 Å². The largest absolute Gasteiger partial charge is 0.452 e. The molecule has 0 spiro atoms. The number of esters is 1. The minimum Gasteiger partial charge on any atom is -0.452 e. The zero-order chi connectivity index (χ0) is 21.7. The van der Waals surface area contributed by atoms with E-state index in [4.69, 9.17) is 4.74 Å². The summed E-state index contributed by atoms with van der Waals surface area (Å²) in [6.07, 6.45) is 0. The average molecular weight is 408 g/mol. The maximum Gasteiger partial charge on any atom is 0.338 e. The minimum atomic E-state index is -0.727. The van der Waals surface area contributed by atoms with Crippen molar-refractivity contribution in [1.82, 2.24) is 20.4 Å². The highest BCUT2D eigenvalue weighted by atomic mass is 16.5. The Morgan fingerprint density at radius 3 is 2.47 bits per heavy atom. The molecule has 0 unspecified atom stereocenters. The number of aromatic nitrogens is 2. The maximum atomic E-state index is 12.3. The van der Waals surface area contributed by atoms with Crippen molar-refractivity contribution < 1.29 is 19.1 Å². The predicted octanol–water partition coefficient (Wildman–Crippen LogP) is 1.34. The van der Waals surface area contributed by atoms with E-state index in [1.54, 1.807) is 47.9 Å². The van der Waals surface area contributed by atoms with Crippen molar-refractivity contribution in [3.63, 3.8) is 0 Å². The number of carbonyl (C=O) groups excluding carboxylic acids is 3. The first kappa shape index (κ1) is 20.7. The minimum absolute atomic E-state index is 0.186. The number of hydrogen-bond acceptors (Lipinski definition) is 6. The summed E-state index contributed by atoms with van der Waals surface area (Å²) in [5.41, 5.74) is 6.20. The van der Waals surface area contributed by atoms with Crippen molar-refractivity contribution in [1.29, 1.82) is 0 Å². The van der Waals surface area contributed by atoms with Crippen LogP contribution in [0.15, 0.2) is 53.3 Å². The third-order valence-electron chi connectivity index (χ3n) is 4.35. The van der Waals surface area contributed by atoms with E-state index in [2.05, 4.69) is 15.8 Å². The predicted molar refractivity (Wildman–Crippen MR) is 109 cm³/mol. The number of nitrogens with one attached hydrogen (secondary N) is 2. The molecule has 2 N–H and O–H groups in total. The van der Waals surface area contributed by atoms with Gasteiger partial charge in [-0.05, 0) is 44.2 Å². The van der Waals surface area contributed by atoms with Crippen molar-refractivity contribution in [2.24, 2.45) is 0 Å². The van der Waals surface area contributed by atoms with Gasteiger partial charge in [0.15, 0.2) is 6.61 Å². The molecule has 0 fully saturated rings. The van der Waals surface area contributed by atoms with E-state index in [0.717, 1.165) is 0 Å². The van der Waals surface area contributed by atoms with E-state index in [-0.39, 0.29) is 11.1 Å². The molecule has 0 saturated carbocycles. The van der Waals surface area contributed by atoms with Crippen LogP contribution in [0.25, 0.3) is 11.0 Å². The van der Waals surface area contributed by atoms with Crippen LogP contribution in [0.5, 0.6) is 0 Å². The number of fused-ring (bicyclic) bond motifs is 1. The molecular weight excluding hydrogens is 388 g/mol. The van der Waals surface area contributed by atoms with Gasteiger partial charge in [-0.2, -0.15) is 0 Å². The third-order valence-corrected chi connectivity index (χ3v) is 4.35. The molecule has 1 heterocycles. The van der Waals surface area contributed by atoms with Gasteiger partial charge in [-0.3, -0.25) is 25.2 Å². The number of carbonyl (C=O) groups is 3. The molecule has 2 amide bonds. The molecule has 0 saturated heterocycles. The van der Waals surface area contributed by atoms with Gasteiger partial charge < -0.3 is 9.30 Å². The van der Waals surface area contributed by atoms with Crippen molar-refractivity contribution in [3.8, 4) is 0 Å². The van der Waals surface area contributed by atoms with Gasteiger partial charge in [-0.25, -0.2) is 9.78 Å². The monoisotopic (exact) mass is 408 g/mol. The van der Waals surface area contributed by atoms with E-state index in [1.165, 1.54) is 12.1 Å². The Labute approximate surface area is 171 Å². The maximum absolute atomic E-state index is 12.3. The SMILES string of the molecule is CCn1c(=O)c(C)nc2cc(C(=O)OCC(=O)NNC(=O)c3ccccc3)ccc21. The highest BCUT2D eigenvalue weighted by molar-refractivity contribution is 5.96. The molecule has 3 rings (SSSR count). The molecule has 9 heteroatoms. The van der Waals surface area contributed by atoms with Crippen LogP contribution in [0, 0.1) is 6.92 Å². The van der Waals surface area contributed by atoms with Crippen LogP contribution < -0.4 is 16.4 Å². The number of benzene rings is 2. The molecule has 9 nitrogen and oxygen atoms in total. The molecule has 154 valence electrons. The first-order valence-corrected chi connectivity index (χ1v) is 9.23. The summed E-state index contributed by atoms with van der Waals surface area (Å²) >= 11 is 0. The number of aryl methyl sites for hydroxylation is 2. The Hall–Kier alpha value is -4.01. The fourth-order valence-electron chi connectivity index (χ4n) is 2.85. The van der Waals surface area contributed by atoms with Crippen LogP contribution in [-0.4, -0.2) is 33.9 Å². The highest BCUT2D eigenvalue weighted by Gasteiger charge is 2.14. The van der Waals surface area contributed by atoms with Crippen molar-refractivity contribution >= 4 is 28.8 Å². The lowest BCUT2D eigenvalue weighted by Crippen LogP contribution is -2.43. The Balaban J connectivity index is 1.61. The molecule has 30 heavy (non-hydrogen) atoms. The molecule has 0 bridgehead atoms. The van der Waals surface area contributed by atoms with Crippen LogP contribution in [0.2, 0.25) is 0 Å². The third kappa shape index (κ3) is 4.52. The number of hydrogen-bond donors (Lipinski definition) is 2. The highest BCUT2D eigenvalue weighted by Crippen LogP contribution is 2.14. The normalized spacial score (nSPS) is 10.5. The van der Waals surface area contributed by atoms with Crippen LogP contribution in [0.1, 0.15) is 33.3 Å². The Bertz CT molecular complexity index is 1170. The standard InChI is InChI=1S/C21H20N4O5/c1-3-25-17-10-9-15(11-16(17)22-13(2)20(25)28)21(29)30-12-18(26)23-24-19(27)14-7-5-4-6-8-14/h4-11H,3,12H2,1-2H3,(H,23,26)(H,24,27). The molecule has 3 aromatic rings. The number of rotatable bonds is 5. The molecule has 1 aromatic heterocycles. The second-order valence-electron chi connectivity index (χ2n) is 6.39. The second kappa shape index (κ2) is 8.99. The molecule has 0 atom stereocenters. The van der Waals surface area contributed by atoms with Gasteiger partial charge in [0.25, 0.3) is 17.4 Å². The van der Waals surface area contributed by atoms with Crippen LogP contribution in [0.4, 0.5) is 0 Å². The smallest absolute Gasteiger partial charge is 0.338 e. The molecule has 0 aliphatic heterocycles. The summed E-state index contributed by atoms with van der Waals surface area (Å²) < 4.78 is 6.55. The van der Waals surface area contributed by atoms with E-state index >= 15 is 0 Å². The van der Waals surface area contributed by atoms with Gasteiger partial charge in [0, 0.05) is 12.1 Å². The summed E-state index contributed by atoms with van der Waals surface area (Å²) in [7, 11) is 0. The van der Waals surface area contributed by atoms with Crippen LogP contribution in [0.3, 0.4) is 0 Å². The first-order valence-electron chi connectivity index (χ1n) is 9.23. The lowest BCUT2D eigenvalue weighted by molar-refractivity contribution is -0.125. The fraction of sp³-hybridized carbons (Fsp3) is 0.190. The van der Waals surface area contributed by atoms with Gasteiger partial charge >= 0.3 is 5.97 Å². The lowest BCUT2D eigenvalue weighted by Gasteiger charge is -2.10. The Morgan fingerprint density at radius 1 is 1.03 bits per heavy atom. The summed E-state index contributed by atoms with van der Waals surface area (Å²) in [6, 6.07) is 13.0. The number of hydrazine groups is 1. The van der Waals surface area contributed by atoms with Gasteiger partial charge in [0.05, 0.1) is 16.6 Å². The topological polar surface area (TPSA) is 119 Å². The van der Waals surface area contributed by atoms with Gasteiger partial charge in [-0.15, -0.1) is 0 Å². The molecule has 2 aromatic carbocycles. The lowest BCUT2D eigenvalue weighted by atomic mass is 10.2. The number of amides is 2. The summed E-state index contributed by atoms with van der Waals surface area (Å²) in [4.78, 5) is 52.4. The van der Waals surface area contributed by atoms with Crippen LogP contribution >= 0.6 is 0 Å². The van der Waals surface area contributed by atoms with E-state index < -0.39 is 24.4 Å². The quantitative estimate of drug-likeness (QED) is 0.486. The summed E-state index contributed by atoms with van der Waals surface area (Å²) in [6.45, 7) is 3.34. The summed E-state index contributed by atoms with van der Waals surface area (Å²) in [5, 5.41) is 0. The zero-order valence-electron chi connectivity index (χ0n) is 16.5.